The van der Waals surface area contributed by atoms with Gasteiger partial charge in [0.2, 0.25) is 11.8 Å². The van der Waals surface area contributed by atoms with E-state index < -0.39 is 112 Å². The van der Waals surface area contributed by atoms with Gasteiger partial charge in [-0.3, -0.25) is 18.6 Å². The molecule has 314 valence electrons. The van der Waals surface area contributed by atoms with Gasteiger partial charge in [-0.25, -0.2) is 14.2 Å². The Labute approximate surface area is 318 Å². The van der Waals surface area contributed by atoms with Gasteiger partial charge in [0.15, 0.2) is 37.0 Å². The number of carbonyl (C=O) groups is 4. The zero-order chi connectivity index (χ0) is 41.6. The molecular formula is C33H55N4O17P. The Morgan fingerprint density at radius 3 is 2.07 bits per heavy atom. The van der Waals surface area contributed by atoms with Crippen molar-refractivity contribution in [1.29, 1.82) is 0 Å². The van der Waals surface area contributed by atoms with Crippen molar-refractivity contribution >= 4 is 31.7 Å². The van der Waals surface area contributed by atoms with Gasteiger partial charge in [-0.05, 0) is 53.4 Å². The normalized spacial score (nSPS) is 30.4. The van der Waals surface area contributed by atoms with Crippen LogP contribution in [0, 0.1) is 0 Å². The maximum Gasteiger partial charge on any atom is 0.474 e. The number of aliphatic hydroxyl groups is 3. The molecule has 0 radical (unpaired) electrons. The lowest BCUT2D eigenvalue weighted by molar-refractivity contribution is -0.331. The van der Waals surface area contributed by atoms with Crippen LogP contribution >= 0.6 is 7.82 Å². The van der Waals surface area contributed by atoms with Crippen molar-refractivity contribution in [3.8, 4) is 0 Å². The molecule has 7 unspecified atom stereocenters. The number of amides is 3. The highest BCUT2D eigenvalue weighted by molar-refractivity contribution is 7.47. The van der Waals surface area contributed by atoms with Crippen LogP contribution in [-0.4, -0.2) is 136 Å². The summed E-state index contributed by atoms with van der Waals surface area (Å²) in [7, 11) is -5.44. The molecule has 0 aromatic carbocycles. The first-order valence-electron chi connectivity index (χ1n) is 17.3. The van der Waals surface area contributed by atoms with Crippen LogP contribution < -0.4 is 22.5 Å². The van der Waals surface area contributed by atoms with Crippen molar-refractivity contribution < 1.29 is 81.8 Å². The van der Waals surface area contributed by atoms with Crippen LogP contribution in [0.4, 0.5) is 4.79 Å². The van der Waals surface area contributed by atoms with Crippen LogP contribution in [0.2, 0.25) is 0 Å². The first-order valence-corrected chi connectivity index (χ1v) is 18.8. The van der Waals surface area contributed by atoms with Crippen molar-refractivity contribution in [2.75, 3.05) is 19.8 Å². The third-order valence-corrected chi connectivity index (χ3v) is 9.39. The lowest BCUT2D eigenvalue weighted by Gasteiger charge is -2.47. The molecule has 21 nitrogen and oxygen atoms in total. The summed E-state index contributed by atoms with van der Waals surface area (Å²) in [5.74, 6) is -3.62. The van der Waals surface area contributed by atoms with Gasteiger partial charge in [-0.2, -0.15) is 0 Å². The minimum Gasteiger partial charge on any atom is -0.479 e. The minimum absolute atomic E-state index is 0.194. The minimum atomic E-state index is -5.44. The van der Waals surface area contributed by atoms with E-state index >= 15 is 0 Å². The van der Waals surface area contributed by atoms with Crippen molar-refractivity contribution in [3.05, 3.63) is 34.9 Å². The molecule has 2 heterocycles. The van der Waals surface area contributed by atoms with Gasteiger partial charge in [0, 0.05) is 6.92 Å². The van der Waals surface area contributed by atoms with Crippen LogP contribution in [0.25, 0.3) is 0 Å². The number of rotatable bonds is 21. The molecule has 2 aliphatic heterocycles. The zero-order valence-corrected chi connectivity index (χ0v) is 32.2. The number of aliphatic carboxylic acids is 1. The number of aliphatic hydroxyl groups excluding tert-OH is 3. The molecule has 0 bridgehead atoms. The quantitative estimate of drug-likeness (QED) is 0.0513. The van der Waals surface area contributed by atoms with E-state index in [0.29, 0.717) is 6.42 Å². The number of carbonyl (C=O) groups excluding carboxylic acids is 3. The smallest absolute Gasteiger partial charge is 0.474 e. The molecule has 2 aliphatic rings. The van der Waals surface area contributed by atoms with Gasteiger partial charge in [0.05, 0.1) is 38.0 Å². The van der Waals surface area contributed by atoms with E-state index in [1.165, 1.54) is 11.1 Å². The highest BCUT2D eigenvalue weighted by atomic mass is 31.2. The number of phosphoric ester groups is 1. The number of carboxylic acids is 1. The van der Waals surface area contributed by atoms with E-state index in [2.05, 4.69) is 17.5 Å². The van der Waals surface area contributed by atoms with Gasteiger partial charge in [0.25, 0.3) is 0 Å². The molecule has 3 amide bonds. The number of carboxylic acid groups (broad SMARTS) is 1. The summed E-state index contributed by atoms with van der Waals surface area (Å²) < 4.78 is 50.3. The Balaban J connectivity index is 2.25. The SMILES string of the molecule is CC(=O)N[C@H]1C(N)[C@H](O)C(CO)O[C@H]1OC1[C@H](OP(=O)(O)OCC(OC/C=C(/C)CC/C=C(\C)CCC=C(C)C)C(=O)O)OC(C(N)=O)C(O)[C@@H]1OC(N)=O. The first kappa shape index (κ1) is 47.8. The van der Waals surface area contributed by atoms with Gasteiger partial charge in [-0.15, -0.1) is 0 Å². The number of nitrogens with one attached hydrogen (secondary N) is 1. The van der Waals surface area contributed by atoms with Crippen molar-refractivity contribution in [1.82, 2.24) is 5.32 Å². The number of phosphoric acid groups is 1. The maximum atomic E-state index is 13.2. The van der Waals surface area contributed by atoms with Crippen LogP contribution in [0.1, 0.15) is 60.3 Å². The maximum absolute atomic E-state index is 13.2. The van der Waals surface area contributed by atoms with Crippen molar-refractivity contribution in [2.45, 2.75) is 128 Å². The third kappa shape index (κ3) is 15.6. The van der Waals surface area contributed by atoms with Crippen LogP contribution in [0.5, 0.6) is 0 Å². The molecule has 0 aliphatic carbocycles. The number of ether oxygens (including phenoxy) is 5. The molecule has 12 atom stereocenters. The molecule has 12 N–H and O–H groups in total. The topological polar surface area (TPSA) is 341 Å². The number of hydrogen-bond donors (Lipinski definition) is 9. The lowest BCUT2D eigenvalue weighted by atomic mass is 9.94. The summed E-state index contributed by atoms with van der Waals surface area (Å²) >= 11 is 0. The van der Waals surface area contributed by atoms with E-state index in [1.54, 1.807) is 6.08 Å². The Morgan fingerprint density at radius 2 is 1.53 bits per heavy atom. The molecule has 0 aromatic rings. The third-order valence-electron chi connectivity index (χ3n) is 8.44. The molecule has 2 fully saturated rings. The summed E-state index contributed by atoms with van der Waals surface area (Å²) in [5.41, 5.74) is 20.0. The lowest BCUT2D eigenvalue weighted by Crippen LogP contribution is -2.70. The fourth-order valence-electron chi connectivity index (χ4n) is 5.52. The van der Waals surface area contributed by atoms with Gasteiger partial charge >= 0.3 is 19.9 Å². The zero-order valence-electron chi connectivity index (χ0n) is 31.3. The molecular weight excluding hydrogens is 755 g/mol. The average molecular weight is 811 g/mol. The summed E-state index contributed by atoms with van der Waals surface area (Å²) in [5, 5.41) is 43.2. The molecule has 22 heteroatoms. The van der Waals surface area contributed by atoms with Crippen LogP contribution in [0.3, 0.4) is 0 Å². The summed E-state index contributed by atoms with van der Waals surface area (Å²) in [6.07, 6.45) is -9.56. The molecule has 0 aromatic heterocycles. The van der Waals surface area contributed by atoms with Gasteiger partial charge < -0.3 is 71.5 Å². The van der Waals surface area contributed by atoms with E-state index in [1.807, 2.05) is 27.7 Å². The average Bonchev–Trinajstić information content (AvgIpc) is 3.07. The first-order chi connectivity index (χ1) is 25.7. The monoisotopic (exact) mass is 810 g/mol. The number of nitrogens with two attached hydrogens (primary N) is 3. The predicted octanol–water partition coefficient (Wildman–Crippen LogP) is -0.661. The molecule has 55 heavy (non-hydrogen) atoms. The molecule has 2 rings (SSSR count). The van der Waals surface area contributed by atoms with Gasteiger partial charge in [0.1, 0.15) is 12.2 Å². The predicted molar refractivity (Wildman–Crippen MR) is 190 cm³/mol. The Bertz CT molecular complexity index is 1460. The molecule has 0 spiro atoms. The molecule has 0 saturated carbocycles. The standard InChI is InChI=1S/C33H55N4O17P/c1-16(2)8-6-9-17(3)10-7-11-18(4)12-13-48-21(30(43)44)15-49-55(46,47)54-32-28(26(53-33(36)45)25(41)27(51-32)29(35)42)52-31-23(37-19(5)39)22(34)24(40)20(14-38)50-31/h8,10,12,20-28,31-32,38,40-41H,6-7,9,11,13-15,34H2,1-5H3,(H2,35,42)(H2,36,45)(H,37,39)(H,43,44)(H,46,47)/b17-10+,18-12-/t20?,21?,22?,23-,24+,25?,26-,27?,28?,31-,32-/m0/s1. The second-order valence-electron chi connectivity index (χ2n) is 13.3. The highest BCUT2D eigenvalue weighted by Crippen LogP contribution is 2.47. The highest BCUT2D eigenvalue weighted by Gasteiger charge is 2.55. The summed E-state index contributed by atoms with van der Waals surface area (Å²) in [4.78, 5) is 58.6. The second-order valence-corrected chi connectivity index (χ2v) is 14.7. The largest absolute Gasteiger partial charge is 0.479 e. The number of hydrogen-bond acceptors (Lipinski definition) is 16. The Morgan fingerprint density at radius 1 is 0.909 bits per heavy atom. The Kier molecular flexibility index (Phi) is 19.5. The van der Waals surface area contributed by atoms with E-state index in [4.69, 9.17) is 49.9 Å². The summed E-state index contributed by atoms with van der Waals surface area (Å²) in [6, 6.07) is -2.79. The number of allylic oxidation sites excluding steroid dienone is 5. The van der Waals surface area contributed by atoms with Gasteiger partial charge in [-0.1, -0.05) is 34.9 Å². The molecule has 2 saturated heterocycles. The van der Waals surface area contributed by atoms with E-state index in [0.717, 1.165) is 31.8 Å². The van der Waals surface area contributed by atoms with Crippen LogP contribution in [0.15, 0.2) is 34.9 Å². The second kappa shape index (κ2) is 22.4. The van der Waals surface area contributed by atoms with E-state index in [-0.39, 0.29) is 6.61 Å². The van der Waals surface area contributed by atoms with Crippen molar-refractivity contribution in [2.24, 2.45) is 17.2 Å². The fraction of sp³-hybridized carbons (Fsp3) is 0.697. The number of primary amides is 2. The van der Waals surface area contributed by atoms with Crippen molar-refractivity contribution in [3.63, 3.8) is 0 Å². The van der Waals surface area contributed by atoms with Crippen LogP contribution in [-0.2, 0) is 51.7 Å². The van der Waals surface area contributed by atoms with E-state index in [9.17, 15) is 49.1 Å². The Hall–Kier alpha value is -3.31. The summed E-state index contributed by atoms with van der Waals surface area (Å²) in [6.45, 7) is 7.00. The fourth-order valence-corrected chi connectivity index (χ4v) is 6.33.